The lowest BCUT2D eigenvalue weighted by Crippen LogP contribution is -2.17. The summed E-state index contributed by atoms with van der Waals surface area (Å²) in [5.41, 5.74) is 5.04. The predicted molar refractivity (Wildman–Crippen MR) is 31.9 cm³/mol. The second-order valence-corrected chi connectivity index (χ2v) is 1.62. The number of rotatable bonds is 0. The first-order chi connectivity index (χ1) is 4.74. The van der Waals surface area contributed by atoms with Crippen molar-refractivity contribution >= 4 is 6.03 Å². The van der Waals surface area contributed by atoms with E-state index in [0.29, 0.717) is 0 Å². The van der Waals surface area contributed by atoms with Crippen LogP contribution in [0.25, 0.3) is 0 Å². The third kappa shape index (κ3) is 0.951. The molecule has 0 aliphatic carbocycles. The van der Waals surface area contributed by atoms with Crippen molar-refractivity contribution in [3.05, 3.63) is 18.2 Å². The van der Waals surface area contributed by atoms with Crippen LogP contribution in [-0.2, 0) is 0 Å². The van der Waals surface area contributed by atoms with Gasteiger partial charge in [-0.2, -0.15) is 5.26 Å². The van der Waals surface area contributed by atoms with Crippen molar-refractivity contribution in [2.45, 2.75) is 0 Å². The van der Waals surface area contributed by atoms with E-state index in [-0.39, 0.29) is 5.69 Å². The minimum Gasteiger partial charge on any atom is -0.351 e. The highest BCUT2D eigenvalue weighted by molar-refractivity contribution is 5.74. The molecule has 0 aliphatic rings. The van der Waals surface area contributed by atoms with Crippen molar-refractivity contribution in [2.75, 3.05) is 0 Å². The molecule has 0 aliphatic heterocycles. The van der Waals surface area contributed by atoms with E-state index in [1.807, 2.05) is 0 Å². The molecular formula is C5H4N4O. The number of hydrogen-bond donors (Lipinski definition) is 1. The molecule has 1 rings (SSSR count). The standard InChI is InChI=1S/C5H4N4O/c6-1-4-2-9(3-8-4)5(7)10/h2-3H,(H2,7,10). The Balaban J connectivity index is 3.02. The first kappa shape index (κ1) is 6.29. The Labute approximate surface area is 56.7 Å². The van der Waals surface area contributed by atoms with Gasteiger partial charge in [0.2, 0.25) is 0 Å². The molecule has 2 N–H and O–H groups in total. The van der Waals surface area contributed by atoms with Crippen LogP contribution in [0, 0.1) is 11.3 Å². The van der Waals surface area contributed by atoms with Crippen molar-refractivity contribution in [3.8, 4) is 6.07 Å². The van der Waals surface area contributed by atoms with Gasteiger partial charge in [0.05, 0.1) is 6.20 Å². The molecule has 50 valence electrons. The van der Waals surface area contributed by atoms with Gasteiger partial charge in [-0.05, 0) is 0 Å². The quantitative estimate of drug-likeness (QED) is 0.530. The Morgan fingerprint density at radius 1 is 1.90 bits per heavy atom. The average molecular weight is 136 g/mol. The molecule has 0 fully saturated rings. The average Bonchev–Trinajstić information content (AvgIpc) is 2.34. The highest BCUT2D eigenvalue weighted by Gasteiger charge is 1.99. The molecule has 10 heavy (non-hydrogen) atoms. The van der Waals surface area contributed by atoms with Crippen LogP contribution in [0.5, 0.6) is 0 Å². The molecule has 0 bridgehead atoms. The van der Waals surface area contributed by atoms with E-state index < -0.39 is 6.03 Å². The predicted octanol–water partition coefficient (Wildman–Crippen LogP) is -0.318. The maximum Gasteiger partial charge on any atom is 0.324 e. The van der Waals surface area contributed by atoms with Crippen LogP contribution >= 0.6 is 0 Å². The molecule has 5 heteroatoms. The zero-order valence-corrected chi connectivity index (χ0v) is 4.98. The molecule has 1 heterocycles. The van der Waals surface area contributed by atoms with Crippen LogP contribution < -0.4 is 5.73 Å². The van der Waals surface area contributed by atoms with Crippen LogP contribution in [0.1, 0.15) is 5.69 Å². The molecule has 0 unspecified atom stereocenters. The number of amides is 1. The van der Waals surface area contributed by atoms with Crippen LogP contribution in [0.2, 0.25) is 0 Å². The van der Waals surface area contributed by atoms with Crippen molar-refractivity contribution in [1.82, 2.24) is 9.55 Å². The van der Waals surface area contributed by atoms with E-state index in [0.717, 1.165) is 4.57 Å². The number of carbonyl (C=O) groups excluding carboxylic acids is 1. The summed E-state index contributed by atoms with van der Waals surface area (Å²) in [7, 11) is 0. The summed E-state index contributed by atoms with van der Waals surface area (Å²) in [4.78, 5) is 13.9. The van der Waals surface area contributed by atoms with Crippen molar-refractivity contribution < 1.29 is 4.79 Å². The van der Waals surface area contributed by atoms with Gasteiger partial charge in [0, 0.05) is 0 Å². The number of primary amides is 1. The van der Waals surface area contributed by atoms with Gasteiger partial charge in [-0.1, -0.05) is 0 Å². The minimum absolute atomic E-state index is 0.179. The molecule has 1 aromatic rings. The summed E-state index contributed by atoms with van der Waals surface area (Å²) in [6, 6.07) is 1.12. The number of aromatic nitrogens is 2. The van der Waals surface area contributed by atoms with Crippen molar-refractivity contribution in [3.63, 3.8) is 0 Å². The Morgan fingerprint density at radius 2 is 2.60 bits per heavy atom. The molecule has 0 atom stereocenters. The molecule has 1 amide bonds. The number of imidazole rings is 1. The normalized spacial score (nSPS) is 8.70. The van der Waals surface area contributed by atoms with Gasteiger partial charge in [-0.25, -0.2) is 9.78 Å². The Kier molecular flexibility index (Phi) is 1.38. The van der Waals surface area contributed by atoms with E-state index in [2.05, 4.69) is 4.98 Å². The highest BCUT2D eigenvalue weighted by Crippen LogP contribution is 1.90. The Bertz CT molecular complexity index is 295. The summed E-state index contributed by atoms with van der Waals surface area (Å²) >= 11 is 0. The monoisotopic (exact) mass is 136 g/mol. The Hall–Kier alpha value is -1.83. The maximum absolute atomic E-state index is 10.4. The van der Waals surface area contributed by atoms with Gasteiger partial charge in [0.15, 0.2) is 5.69 Å². The molecule has 0 saturated heterocycles. The lowest BCUT2D eigenvalue weighted by atomic mass is 10.5. The molecule has 1 aromatic heterocycles. The van der Waals surface area contributed by atoms with Gasteiger partial charge in [-0.3, -0.25) is 4.57 Å². The summed E-state index contributed by atoms with van der Waals surface area (Å²) in [6.45, 7) is 0. The molecule has 0 saturated carbocycles. The lowest BCUT2D eigenvalue weighted by molar-refractivity contribution is 0.250. The fraction of sp³-hybridized carbons (Fsp3) is 0. The van der Waals surface area contributed by atoms with Crippen LogP contribution in [0.4, 0.5) is 4.79 Å². The number of nitrogens with two attached hydrogens (primary N) is 1. The van der Waals surface area contributed by atoms with E-state index in [4.69, 9.17) is 11.0 Å². The molecule has 5 nitrogen and oxygen atoms in total. The fourth-order valence-electron chi connectivity index (χ4n) is 0.501. The second kappa shape index (κ2) is 2.19. The van der Waals surface area contributed by atoms with Crippen molar-refractivity contribution in [2.24, 2.45) is 5.73 Å². The summed E-state index contributed by atoms with van der Waals surface area (Å²) in [6.07, 6.45) is 2.46. The van der Waals surface area contributed by atoms with Gasteiger partial charge in [0.1, 0.15) is 12.4 Å². The summed E-state index contributed by atoms with van der Waals surface area (Å²) in [5.74, 6) is 0. The largest absolute Gasteiger partial charge is 0.351 e. The van der Waals surface area contributed by atoms with E-state index in [1.165, 1.54) is 12.5 Å². The zero-order valence-electron chi connectivity index (χ0n) is 4.98. The second-order valence-electron chi connectivity index (χ2n) is 1.62. The molecule has 0 aromatic carbocycles. The van der Waals surface area contributed by atoms with Crippen LogP contribution in [-0.4, -0.2) is 15.6 Å². The Morgan fingerprint density at radius 3 is 2.90 bits per heavy atom. The van der Waals surface area contributed by atoms with Crippen molar-refractivity contribution in [1.29, 1.82) is 5.26 Å². The van der Waals surface area contributed by atoms with Gasteiger partial charge in [-0.15, -0.1) is 0 Å². The molecule has 0 spiro atoms. The number of carbonyl (C=O) groups is 1. The number of nitriles is 1. The van der Waals surface area contributed by atoms with Gasteiger partial charge in [0.25, 0.3) is 0 Å². The maximum atomic E-state index is 10.4. The van der Waals surface area contributed by atoms with Crippen LogP contribution in [0.3, 0.4) is 0 Å². The first-order valence-electron chi connectivity index (χ1n) is 2.48. The van der Waals surface area contributed by atoms with Crippen LogP contribution in [0.15, 0.2) is 12.5 Å². The van der Waals surface area contributed by atoms with Gasteiger partial charge >= 0.3 is 6.03 Å². The van der Waals surface area contributed by atoms with Gasteiger partial charge < -0.3 is 5.73 Å². The third-order valence-corrected chi connectivity index (χ3v) is 0.952. The SMILES string of the molecule is N#Cc1cn(C(N)=O)cn1. The van der Waals surface area contributed by atoms with E-state index in [9.17, 15) is 4.79 Å². The van der Waals surface area contributed by atoms with E-state index in [1.54, 1.807) is 6.07 Å². The third-order valence-electron chi connectivity index (χ3n) is 0.952. The minimum atomic E-state index is -0.644. The highest BCUT2D eigenvalue weighted by atomic mass is 16.2. The first-order valence-corrected chi connectivity index (χ1v) is 2.48. The lowest BCUT2D eigenvalue weighted by Gasteiger charge is -1.87. The topological polar surface area (TPSA) is 84.7 Å². The number of nitrogens with zero attached hydrogens (tertiary/aromatic N) is 3. The number of hydrogen-bond acceptors (Lipinski definition) is 3. The summed E-state index contributed by atoms with van der Waals surface area (Å²) < 4.78 is 1.04. The smallest absolute Gasteiger partial charge is 0.324 e. The fourth-order valence-corrected chi connectivity index (χ4v) is 0.501. The molecular weight excluding hydrogens is 132 g/mol. The van der Waals surface area contributed by atoms with E-state index >= 15 is 0 Å². The molecule has 0 radical (unpaired) electrons. The zero-order chi connectivity index (χ0) is 7.56. The summed E-state index contributed by atoms with van der Waals surface area (Å²) in [5, 5.41) is 8.25.